The molecule has 0 unspecified atom stereocenters. The van der Waals surface area contributed by atoms with Gasteiger partial charge in [-0.25, -0.2) is 0 Å². The van der Waals surface area contributed by atoms with Gasteiger partial charge in [-0.05, 0) is 25.3 Å². The van der Waals surface area contributed by atoms with Crippen molar-refractivity contribution in [3.63, 3.8) is 0 Å². The molecule has 1 rings (SSSR count). The Hall–Kier alpha value is -1.54. The first kappa shape index (κ1) is 15.5. The smallest absolute Gasteiger partial charge is 0.450 e. The van der Waals surface area contributed by atoms with Crippen molar-refractivity contribution < 1.29 is 17.9 Å². The maximum atomic E-state index is 12.8. The van der Waals surface area contributed by atoms with Crippen molar-refractivity contribution in [1.29, 1.82) is 0 Å². The predicted octanol–water partition coefficient (Wildman–Crippen LogP) is 4.21. The van der Waals surface area contributed by atoms with Crippen LogP contribution in [-0.4, -0.2) is 19.0 Å². The van der Waals surface area contributed by atoms with Crippen molar-refractivity contribution in [2.75, 3.05) is 12.9 Å². The summed E-state index contributed by atoms with van der Waals surface area (Å²) < 4.78 is 43.1. The number of hydrogen-bond donors (Lipinski definition) is 0. The number of hydrogen-bond acceptors (Lipinski definition) is 2. The summed E-state index contributed by atoms with van der Waals surface area (Å²) in [5.74, 6) is 4.20. The lowest BCUT2D eigenvalue weighted by molar-refractivity contribution is -0.130. The number of benzene rings is 1. The van der Waals surface area contributed by atoms with Gasteiger partial charge in [0.15, 0.2) is 0 Å². The molecule has 1 aromatic carbocycles. The van der Waals surface area contributed by atoms with E-state index in [-0.39, 0.29) is 11.5 Å². The Kier molecular flexibility index (Phi) is 5.84. The quantitative estimate of drug-likeness (QED) is 0.608. The van der Waals surface area contributed by atoms with Crippen molar-refractivity contribution >= 4 is 11.8 Å². The van der Waals surface area contributed by atoms with Gasteiger partial charge in [0, 0.05) is 5.56 Å². The van der Waals surface area contributed by atoms with Crippen LogP contribution in [0.5, 0.6) is 0 Å². The molecule has 1 nitrogen and oxygen atoms in total. The van der Waals surface area contributed by atoms with E-state index in [0.29, 0.717) is 5.56 Å². The number of halogens is 3. The summed E-state index contributed by atoms with van der Waals surface area (Å²) in [6.45, 7) is 1.46. The third-order valence-corrected chi connectivity index (χ3v) is 2.75. The van der Waals surface area contributed by atoms with E-state index in [1.807, 2.05) is 6.07 Å². The SMILES string of the molecule is CCO/C(=C(/C#Cc1ccccc1)SC)C(F)(F)F. The zero-order valence-corrected chi connectivity index (χ0v) is 11.4. The van der Waals surface area contributed by atoms with Gasteiger partial charge in [0.1, 0.15) is 4.91 Å². The standard InChI is InChI=1S/C14H13F3OS/c1-3-18-13(14(15,16)17)12(19-2)10-9-11-7-5-4-6-8-11/h4-8H,3H2,1-2H3/b13-12-. The molecular weight excluding hydrogens is 273 g/mol. The first-order chi connectivity index (χ1) is 8.99. The summed E-state index contributed by atoms with van der Waals surface area (Å²) in [6.07, 6.45) is -2.99. The molecule has 5 heteroatoms. The summed E-state index contributed by atoms with van der Waals surface area (Å²) in [6, 6.07) is 8.84. The van der Waals surface area contributed by atoms with Gasteiger partial charge in [-0.3, -0.25) is 0 Å². The van der Waals surface area contributed by atoms with Crippen LogP contribution in [0.2, 0.25) is 0 Å². The minimum Gasteiger partial charge on any atom is -0.488 e. The van der Waals surface area contributed by atoms with E-state index in [2.05, 4.69) is 16.6 Å². The second-order valence-electron chi connectivity index (χ2n) is 3.41. The molecule has 0 N–H and O–H groups in total. The molecule has 19 heavy (non-hydrogen) atoms. The minimum atomic E-state index is -4.53. The van der Waals surface area contributed by atoms with E-state index in [0.717, 1.165) is 11.8 Å². The first-order valence-electron chi connectivity index (χ1n) is 5.54. The highest BCUT2D eigenvalue weighted by atomic mass is 32.2. The summed E-state index contributed by atoms with van der Waals surface area (Å²) in [7, 11) is 0. The highest BCUT2D eigenvalue weighted by Gasteiger charge is 2.38. The van der Waals surface area contributed by atoms with Crippen LogP contribution in [0.15, 0.2) is 41.0 Å². The number of ether oxygens (including phenoxy) is 1. The Bertz CT molecular complexity index is 495. The van der Waals surface area contributed by atoms with Gasteiger partial charge in [-0.2, -0.15) is 13.2 Å². The molecule has 0 aliphatic carbocycles. The Labute approximate surface area is 114 Å². The third kappa shape index (κ3) is 4.92. The monoisotopic (exact) mass is 286 g/mol. The summed E-state index contributed by atoms with van der Waals surface area (Å²) in [5.41, 5.74) is 0.659. The first-order valence-corrected chi connectivity index (χ1v) is 6.76. The molecule has 1 aromatic rings. The molecule has 0 fully saturated rings. The molecule has 0 saturated heterocycles. The average molecular weight is 286 g/mol. The molecular formula is C14H13F3OS. The molecule has 0 amide bonds. The summed E-state index contributed by atoms with van der Waals surface area (Å²) in [5, 5.41) is 0. The van der Waals surface area contributed by atoms with Crippen LogP contribution in [0.4, 0.5) is 13.2 Å². The Morgan fingerprint density at radius 3 is 2.37 bits per heavy atom. The predicted molar refractivity (Wildman–Crippen MR) is 71.5 cm³/mol. The molecule has 0 aromatic heterocycles. The van der Waals surface area contributed by atoms with Gasteiger partial charge < -0.3 is 4.74 Å². The highest BCUT2D eigenvalue weighted by Crippen LogP contribution is 2.32. The van der Waals surface area contributed by atoms with E-state index in [1.54, 1.807) is 30.5 Å². The fourth-order valence-electron chi connectivity index (χ4n) is 1.27. The topological polar surface area (TPSA) is 9.23 Å². The number of thioether (sulfide) groups is 1. The van der Waals surface area contributed by atoms with Gasteiger partial charge >= 0.3 is 6.18 Å². The maximum Gasteiger partial charge on any atom is 0.450 e. The minimum absolute atomic E-state index is 0.0497. The lowest BCUT2D eigenvalue weighted by Gasteiger charge is -2.13. The zero-order chi connectivity index (χ0) is 14.3. The van der Waals surface area contributed by atoms with E-state index < -0.39 is 11.9 Å². The average Bonchev–Trinajstić information content (AvgIpc) is 2.38. The second kappa shape index (κ2) is 7.15. The second-order valence-corrected chi connectivity index (χ2v) is 4.23. The molecule has 0 bridgehead atoms. The molecule has 0 atom stereocenters. The molecule has 0 radical (unpaired) electrons. The van der Waals surface area contributed by atoms with Crippen molar-refractivity contribution in [2.24, 2.45) is 0 Å². The molecule has 0 heterocycles. The molecule has 0 saturated carbocycles. The van der Waals surface area contributed by atoms with Gasteiger partial charge in [0.05, 0.1) is 6.61 Å². The zero-order valence-electron chi connectivity index (χ0n) is 10.5. The lowest BCUT2D eigenvalue weighted by Crippen LogP contribution is -2.16. The maximum absolute atomic E-state index is 12.8. The van der Waals surface area contributed by atoms with Crippen LogP contribution in [0.3, 0.4) is 0 Å². The lowest BCUT2D eigenvalue weighted by atomic mass is 10.2. The molecule has 102 valence electrons. The molecule has 0 spiro atoms. The van der Waals surface area contributed by atoms with E-state index in [1.165, 1.54) is 6.92 Å². The van der Waals surface area contributed by atoms with Gasteiger partial charge in [0.2, 0.25) is 5.76 Å². The van der Waals surface area contributed by atoms with Gasteiger partial charge in [0.25, 0.3) is 0 Å². The third-order valence-electron chi connectivity index (χ3n) is 2.05. The Morgan fingerprint density at radius 1 is 1.26 bits per heavy atom. The largest absolute Gasteiger partial charge is 0.488 e. The van der Waals surface area contributed by atoms with Crippen LogP contribution in [0.25, 0.3) is 0 Å². The van der Waals surface area contributed by atoms with Gasteiger partial charge in [-0.15, -0.1) is 11.8 Å². The summed E-state index contributed by atoms with van der Waals surface area (Å²) in [4.78, 5) is -0.113. The van der Waals surface area contributed by atoms with E-state index in [9.17, 15) is 13.2 Å². The van der Waals surface area contributed by atoms with E-state index >= 15 is 0 Å². The van der Waals surface area contributed by atoms with Crippen LogP contribution in [-0.2, 0) is 4.74 Å². The fraction of sp³-hybridized carbons (Fsp3) is 0.286. The van der Waals surface area contributed by atoms with Crippen molar-refractivity contribution in [3.05, 3.63) is 46.6 Å². The Balaban J connectivity index is 3.14. The van der Waals surface area contributed by atoms with Crippen LogP contribution in [0.1, 0.15) is 12.5 Å². The normalized spacial score (nSPS) is 12.3. The van der Waals surface area contributed by atoms with Crippen LogP contribution < -0.4 is 0 Å². The van der Waals surface area contributed by atoms with Crippen molar-refractivity contribution in [3.8, 4) is 11.8 Å². The Morgan fingerprint density at radius 2 is 1.89 bits per heavy atom. The summed E-state index contributed by atoms with van der Waals surface area (Å²) >= 11 is 0.925. The molecule has 0 aliphatic heterocycles. The highest BCUT2D eigenvalue weighted by molar-refractivity contribution is 8.02. The number of alkyl halides is 3. The van der Waals surface area contributed by atoms with Gasteiger partial charge in [-0.1, -0.05) is 30.0 Å². The fourth-order valence-corrected chi connectivity index (χ4v) is 1.78. The van der Waals surface area contributed by atoms with E-state index in [4.69, 9.17) is 0 Å². The van der Waals surface area contributed by atoms with Crippen LogP contribution in [0, 0.1) is 11.8 Å². The van der Waals surface area contributed by atoms with Crippen molar-refractivity contribution in [2.45, 2.75) is 13.1 Å². The number of allylic oxidation sites excluding steroid dienone is 2. The molecule has 0 aliphatic rings. The van der Waals surface area contributed by atoms with Crippen LogP contribution >= 0.6 is 11.8 Å². The number of rotatable bonds is 3. The van der Waals surface area contributed by atoms with Crippen molar-refractivity contribution in [1.82, 2.24) is 0 Å².